The SMILES string of the molecule is COc1ccc2c(c1)nc(Nc1cccc(Cl)c1)c1nccn12. The number of nitrogens with one attached hydrogen (secondary N) is 1. The number of methoxy groups -OCH3 is 1. The minimum absolute atomic E-state index is 0.664. The van der Waals surface area contributed by atoms with Crippen LogP contribution in [-0.2, 0) is 0 Å². The lowest BCUT2D eigenvalue weighted by molar-refractivity contribution is 0.415. The third kappa shape index (κ3) is 2.45. The highest BCUT2D eigenvalue weighted by Gasteiger charge is 2.10. The number of halogens is 1. The molecule has 0 aliphatic carbocycles. The molecule has 2 aromatic carbocycles. The van der Waals surface area contributed by atoms with E-state index in [1.165, 1.54) is 0 Å². The predicted molar refractivity (Wildman–Crippen MR) is 91.8 cm³/mol. The molecule has 0 saturated carbocycles. The largest absolute Gasteiger partial charge is 0.497 e. The molecule has 2 heterocycles. The number of hydrogen-bond donors (Lipinski definition) is 1. The van der Waals surface area contributed by atoms with Crippen LogP contribution in [0.5, 0.6) is 5.75 Å². The first-order valence-corrected chi connectivity index (χ1v) is 7.46. The molecule has 0 unspecified atom stereocenters. The van der Waals surface area contributed by atoms with Crippen molar-refractivity contribution in [2.45, 2.75) is 0 Å². The molecule has 0 saturated heterocycles. The van der Waals surface area contributed by atoms with Gasteiger partial charge in [0.05, 0.1) is 18.1 Å². The minimum Gasteiger partial charge on any atom is -0.497 e. The fourth-order valence-electron chi connectivity index (χ4n) is 2.55. The fraction of sp³-hybridized carbons (Fsp3) is 0.0588. The summed E-state index contributed by atoms with van der Waals surface area (Å²) in [6.07, 6.45) is 3.67. The standard InChI is InChI=1S/C17H13ClN4O/c1-23-13-5-6-15-14(10-13)21-16(17-19-7-8-22(15)17)20-12-4-2-3-11(18)9-12/h2-10H,1H3,(H,20,21). The maximum atomic E-state index is 6.05. The van der Waals surface area contributed by atoms with Gasteiger partial charge in [-0.05, 0) is 30.3 Å². The Hall–Kier alpha value is -2.79. The van der Waals surface area contributed by atoms with Gasteiger partial charge in [-0.3, -0.25) is 4.40 Å². The Balaban J connectivity index is 1.91. The van der Waals surface area contributed by atoms with Gasteiger partial charge in [-0.15, -0.1) is 0 Å². The van der Waals surface area contributed by atoms with Crippen molar-refractivity contribution in [2.75, 3.05) is 12.4 Å². The molecule has 0 bridgehead atoms. The van der Waals surface area contributed by atoms with Crippen LogP contribution in [0.15, 0.2) is 54.9 Å². The summed E-state index contributed by atoms with van der Waals surface area (Å²) in [7, 11) is 1.64. The van der Waals surface area contributed by atoms with Gasteiger partial charge >= 0.3 is 0 Å². The van der Waals surface area contributed by atoms with Gasteiger partial charge in [0.25, 0.3) is 0 Å². The molecule has 4 aromatic rings. The number of fused-ring (bicyclic) bond motifs is 3. The van der Waals surface area contributed by atoms with Crippen LogP contribution < -0.4 is 10.1 Å². The van der Waals surface area contributed by atoms with Gasteiger partial charge < -0.3 is 10.1 Å². The summed E-state index contributed by atoms with van der Waals surface area (Å²) < 4.78 is 7.28. The van der Waals surface area contributed by atoms with Crippen molar-refractivity contribution in [2.24, 2.45) is 0 Å². The minimum atomic E-state index is 0.664. The van der Waals surface area contributed by atoms with E-state index in [1.54, 1.807) is 13.3 Å². The van der Waals surface area contributed by atoms with Gasteiger partial charge in [0.15, 0.2) is 11.5 Å². The molecular formula is C17H13ClN4O. The Morgan fingerprint density at radius 3 is 2.91 bits per heavy atom. The molecule has 4 rings (SSSR count). The number of hydrogen-bond acceptors (Lipinski definition) is 4. The van der Waals surface area contributed by atoms with Crippen molar-refractivity contribution in [3.63, 3.8) is 0 Å². The molecule has 5 nitrogen and oxygen atoms in total. The summed E-state index contributed by atoms with van der Waals surface area (Å²) in [5.74, 6) is 1.43. The van der Waals surface area contributed by atoms with Gasteiger partial charge in [0, 0.05) is 29.2 Å². The predicted octanol–water partition coefficient (Wildman–Crippen LogP) is 4.29. The molecule has 0 fully saturated rings. The average molecular weight is 325 g/mol. The zero-order valence-electron chi connectivity index (χ0n) is 12.3. The molecule has 0 atom stereocenters. The maximum Gasteiger partial charge on any atom is 0.180 e. The molecule has 114 valence electrons. The number of anilines is 2. The lowest BCUT2D eigenvalue weighted by Crippen LogP contribution is -2.00. The van der Waals surface area contributed by atoms with Crippen molar-refractivity contribution in [3.05, 3.63) is 59.9 Å². The Morgan fingerprint density at radius 1 is 1.17 bits per heavy atom. The molecule has 0 radical (unpaired) electrons. The van der Waals surface area contributed by atoms with Crippen LogP contribution in [0.3, 0.4) is 0 Å². The van der Waals surface area contributed by atoms with Crippen LogP contribution in [0.4, 0.5) is 11.5 Å². The van der Waals surface area contributed by atoms with Crippen LogP contribution in [-0.4, -0.2) is 21.5 Å². The Bertz CT molecular complexity index is 1010. The molecule has 2 aromatic heterocycles. The monoisotopic (exact) mass is 324 g/mol. The van der Waals surface area contributed by atoms with Gasteiger partial charge in [-0.25, -0.2) is 9.97 Å². The summed E-state index contributed by atoms with van der Waals surface area (Å²) >= 11 is 6.05. The Morgan fingerprint density at radius 2 is 2.09 bits per heavy atom. The Kier molecular flexibility index (Phi) is 3.28. The second-order valence-electron chi connectivity index (χ2n) is 5.07. The summed E-state index contributed by atoms with van der Waals surface area (Å²) in [6.45, 7) is 0. The third-order valence-electron chi connectivity index (χ3n) is 3.61. The van der Waals surface area contributed by atoms with E-state index in [0.29, 0.717) is 10.8 Å². The molecule has 0 spiro atoms. The number of ether oxygens (including phenoxy) is 1. The van der Waals surface area contributed by atoms with Crippen LogP contribution in [0.25, 0.3) is 16.7 Å². The summed E-state index contributed by atoms with van der Waals surface area (Å²) in [4.78, 5) is 9.10. The molecule has 23 heavy (non-hydrogen) atoms. The van der Waals surface area contributed by atoms with Crippen molar-refractivity contribution in [3.8, 4) is 5.75 Å². The lowest BCUT2D eigenvalue weighted by Gasteiger charge is -2.10. The second kappa shape index (κ2) is 5.44. The number of nitrogens with zero attached hydrogens (tertiary/aromatic N) is 3. The van der Waals surface area contributed by atoms with Crippen LogP contribution in [0.1, 0.15) is 0 Å². The maximum absolute atomic E-state index is 6.05. The van der Waals surface area contributed by atoms with E-state index >= 15 is 0 Å². The topological polar surface area (TPSA) is 51.5 Å². The van der Waals surface area contributed by atoms with Crippen molar-refractivity contribution >= 4 is 39.8 Å². The quantitative estimate of drug-likeness (QED) is 0.611. The van der Waals surface area contributed by atoms with Gasteiger partial charge in [-0.1, -0.05) is 17.7 Å². The third-order valence-corrected chi connectivity index (χ3v) is 3.85. The highest BCUT2D eigenvalue weighted by molar-refractivity contribution is 6.30. The van der Waals surface area contributed by atoms with E-state index in [9.17, 15) is 0 Å². The molecular weight excluding hydrogens is 312 g/mol. The molecule has 6 heteroatoms. The zero-order valence-corrected chi connectivity index (χ0v) is 13.1. The van der Waals surface area contributed by atoms with Crippen LogP contribution >= 0.6 is 11.6 Å². The fourth-order valence-corrected chi connectivity index (χ4v) is 2.74. The summed E-state index contributed by atoms with van der Waals surface area (Å²) in [5.41, 5.74) is 3.40. The first-order valence-electron chi connectivity index (χ1n) is 7.08. The Labute approximate surface area is 137 Å². The van der Waals surface area contributed by atoms with E-state index in [4.69, 9.17) is 21.3 Å². The van der Waals surface area contributed by atoms with E-state index in [0.717, 1.165) is 28.1 Å². The van der Waals surface area contributed by atoms with Crippen LogP contribution in [0, 0.1) is 0 Å². The zero-order chi connectivity index (χ0) is 15.8. The highest BCUT2D eigenvalue weighted by Crippen LogP contribution is 2.27. The highest BCUT2D eigenvalue weighted by atomic mass is 35.5. The first-order chi connectivity index (χ1) is 11.2. The van der Waals surface area contributed by atoms with Crippen molar-refractivity contribution in [1.29, 1.82) is 0 Å². The number of aromatic nitrogens is 3. The molecule has 0 aliphatic heterocycles. The smallest absolute Gasteiger partial charge is 0.180 e. The molecule has 0 amide bonds. The van der Waals surface area contributed by atoms with Gasteiger partial charge in [0.1, 0.15) is 5.75 Å². The average Bonchev–Trinajstić information content (AvgIpc) is 3.04. The first kappa shape index (κ1) is 13.8. The molecule has 1 N–H and O–H groups in total. The van der Waals surface area contributed by atoms with E-state index in [2.05, 4.69) is 10.3 Å². The second-order valence-corrected chi connectivity index (χ2v) is 5.51. The van der Waals surface area contributed by atoms with E-state index in [-0.39, 0.29) is 0 Å². The molecule has 0 aliphatic rings. The number of benzene rings is 2. The summed E-state index contributed by atoms with van der Waals surface area (Å²) in [6, 6.07) is 13.3. The number of rotatable bonds is 3. The van der Waals surface area contributed by atoms with Crippen molar-refractivity contribution < 1.29 is 4.74 Å². The van der Waals surface area contributed by atoms with Crippen LogP contribution in [0.2, 0.25) is 5.02 Å². The van der Waals surface area contributed by atoms with Gasteiger partial charge in [0.2, 0.25) is 0 Å². The normalized spacial score (nSPS) is 11.0. The van der Waals surface area contributed by atoms with E-state index in [1.807, 2.05) is 53.1 Å². The van der Waals surface area contributed by atoms with Gasteiger partial charge in [-0.2, -0.15) is 0 Å². The summed E-state index contributed by atoms with van der Waals surface area (Å²) in [5, 5.41) is 3.95. The number of imidazole rings is 1. The van der Waals surface area contributed by atoms with E-state index < -0.39 is 0 Å². The van der Waals surface area contributed by atoms with Crippen molar-refractivity contribution in [1.82, 2.24) is 14.4 Å². The lowest BCUT2D eigenvalue weighted by atomic mass is 10.2.